The Hall–Kier alpha value is -2.47. The summed E-state index contributed by atoms with van der Waals surface area (Å²) in [6, 6.07) is 0.481. The van der Waals surface area contributed by atoms with Gasteiger partial charge < -0.3 is 16.0 Å². The molecule has 0 radical (unpaired) electrons. The van der Waals surface area contributed by atoms with Gasteiger partial charge in [0.2, 0.25) is 5.91 Å². The fraction of sp³-hybridized carbons (Fsp3) is 0.417. The molecule has 2 saturated heterocycles. The molecule has 0 aromatic rings. The van der Waals surface area contributed by atoms with Crippen molar-refractivity contribution in [2.24, 2.45) is 0 Å². The van der Waals surface area contributed by atoms with Crippen LogP contribution in [0.25, 0.3) is 0 Å². The van der Waals surface area contributed by atoms with Crippen molar-refractivity contribution in [1.82, 2.24) is 16.0 Å². The van der Waals surface area contributed by atoms with Gasteiger partial charge in [0.25, 0.3) is 0 Å². The molecule has 3 amide bonds. The van der Waals surface area contributed by atoms with Crippen LogP contribution < -0.4 is 16.0 Å². The molecule has 0 aromatic carbocycles. The quantitative estimate of drug-likeness (QED) is 0.436. The number of unbranched alkanes of at least 4 members (excludes halogenated alkanes) is 1. The molecule has 5 rings (SSSR count). The maximum atomic E-state index is 12.4. The molecule has 0 saturated carbocycles. The second kappa shape index (κ2) is 8.34. The Labute approximate surface area is 181 Å². The van der Waals surface area contributed by atoms with Crippen LogP contribution >= 0.6 is 11.8 Å². The van der Waals surface area contributed by atoms with Gasteiger partial charge in [-0.3, -0.25) is 4.79 Å². The summed E-state index contributed by atoms with van der Waals surface area (Å²) in [4.78, 5) is 23.9. The average molecular weight is 422 g/mol. The molecule has 3 unspecified atom stereocenters. The summed E-state index contributed by atoms with van der Waals surface area (Å²) in [7, 11) is 0. The standard InChI is InChI=1S/C24H27N3O2S/c28-22(7-2-1-6-21-23-20(14-30-21)26-24(29)27-23)25-13-18-9-8-15-10-11-19(18)17-5-3-4-16(15)12-17/h3,5,8-12,20-21,23H,1-2,4,6-7,13-14H2,(H,25,28)(H2,26,27,29). The number of rotatable bonds is 7. The topological polar surface area (TPSA) is 70.2 Å². The first-order valence-electron chi connectivity index (χ1n) is 10.8. The molecule has 0 aromatic heterocycles. The van der Waals surface area contributed by atoms with Crippen molar-refractivity contribution in [1.29, 1.82) is 0 Å². The zero-order valence-corrected chi connectivity index (χ0v) is 17.8. The summed E-state index contributed by atoms with van der Waals surface area (Å²) >= 11 is 1.93. The predicted octanol–water partition coefficient (Wildman–Crippen LogP) is 3.45. The lowest BCUT2D eigenvalue weighted by molar-refractivity contribution is -0.121. The Balaban J connectivity index is 1.08. The highest BCUT2D eigenvalue weighted by Gasteiger charge is 2.42. The summed E-state index contributed by atoms with van der Waals surface area (Å²) in [5.74, 6) is 1.09. The van der Waals surface area contributed by atoms with Crippen molar-refractivity contribution < 1.29 is 9.59 Å². The average Bonchev–Trinajstić information content (AvgIpc) is 3.17. The number of allylic oxidation sites excluding steroid dienone is 10. The summed E-state index contributed by atoms with van der Waals surface area (Å²) in [6.07, 6.45) is 19.8. The Kier molecular flexibility index (Phi) is 5.42. The molecule has 30 heavy (non-hydrogen) atoms. The molecule has 4 bridgehead atoms. The predicted molar refractivity (Wildman–Crippen MR) is 121 cm³/mol. The van der Waals surface area contributed by atoms with E-state index < -0.39 is 0 Å². The van der Waals surface area contributed by atoms with Crippen molar-refractivity contribution >= 4 is 23.7 Å². The van der Waals surface area contributed by atoms with Gasteiger partial charge in [-0.15, -0.1) is 0 Å². The second-order valence-electron chi connectivity index (χ2n) is 8.44. The fourth-order valence-corrected chi connectivity index (χ4v) is 6.34. The minimum atomic E-state index is -0.0382. The number of fused-ring (bicyclic) bond motifs is 5. The number of carbonyl (C=O) groups excluding carboxylic acids is 2. The summed E-state index contributed by atoms with van der Waals surface area (Å²) in [5, 5.41) is 9.57. The zero-order chi connectivity index (χ0) is 20.5. The van der Waals surface area contributed by atoms with Gasteiger partial charge >= 0.3 is 6.03 Å². The van der Waals surface area contributed by atoms with Crippen molar-refractivity contribution in [3.05, 3.63) is 70.4 Å². The minimum absolute atomic E-state index is 0.0382. The van der Waals surface area contributed by atoms with Gasteiger partial charge in [0, 0.05) is 24.0 Å². The van der Waals surface area contributed by atoms with Crippen LogP contribution in [-0.2, 0) is 4.79 Å². The first kappa shape index (κ1) is 19.5. The van der Waals surface area contributed by atoms with Crippen LogP contribution in [0.4, 0.5) is 4.79 Å². The number of hydrogen-bond acceptors (Lipinski definition) is 3. The van der Waals surface area contributed by atoms with E-state index in [0.717, 1.165) is 37.0 Å². The molecule has 2 fully saturated rings. The summed E-state index contributed by atoms with van der Waals surface area (Å²) in [5.41, 5.74) is 6.21. The number of hydrogen-bond donors (Lipinski definition) is 3. The van der Waals surface area contributed by atoms with E-state index in [0.29, 0.717) is 18.2 Å². The van der Waals surface area contributed by atoms with E-state index in [1.807, 2.05) is 11.8 Å². The lowest BCUT2D eigenvalue weighted by Gasteiger charge is -2.17. The van der Waals surface area contributed by atoms with Gasteiger partial charge in [0.1, 0.15) is 0 Å². The number of thioether (sulfide) groups is 1. The Morgan fingerprint density at radius 3 is 3.03 bits per heavy atom. The second-order valence-corrected chi connectivity index (χ2v) is 9.71. The molecule has 3 aliphatic carbocycles. The van der Waals surface area contributed by atoms with E-state index in [-0.39, 0.29) is 24.0 Å². The zero-order valence-electron chi connectivity index (χ0n) is 16.9. The van der Waals surface area contributed by atoms with Gasteiger partial charge in [-0.1, -0.05) is 49.0 Å². The van der Waals surface area contributed by atoms with E-state index >= 15 is 0 Å². The molecule has 2 heterocycles. The molecule has 5 aliphatic rings. The highest BCUT2D eigenvalue weighted by molar-refractivity contribution is 8.00. The lowest BCUT2D eigenvalue weighted by atomic mass is 9.91. The molecule has 2 aliphatic heterocycles. The maximum absolute atomic E-state index is 12.4. The monoisotopic (exact) mass is 421 g/mol. The number of amides is 3. The van der Waals surface area contributed by atoms with E-state index in [4.69, 9.17) is 0 Å². The van der Waals surface area contributed by atoms with E-state index in [2.05, 4.69) is 58.5 Å². The number of urea groups is 1. The molecular formula is C24H27N3O2S. The summed E-state index contributed by atoms with van der Waals surface area (Å²) < 4.78 is 0. The molecule has 5 nitrogen and oxygen atoms in total. The molecule has 0 spiro atoms. The molecule has 6 heteroatoms. The van der Waals surface area contributed by atoms with E-state index in [1.165, 1.54) is 22.3 Å². The number of nitrogens with one attached hydrogen (secondary N) is 3. The SMILES string of the molecule is O=C(CCCCC1SCC2NC(=O)NC21)NCC1=CC=C2C=CC1=C1C=CCC2=C1. The van der Waals surface area contributed by atoms with Gasteiger partial charge in [-0.25, -0.2) is 4.79 Å². The first-order valence-corrected chi connectivity index (χ1v) is 11.9. The van der Waals surface area contributed by atoms with Gasteiger partial charge in [-0.2, -0.15) is 11.8 Å². The Morgan fingerprint density at radius 2 is 2.10 bits per heavy atom. The van der Waals surface area contributed by atoms with Crippen LogP contribution in [0.5, 0.6) is 0 Å². The third-order valence-electron chi connectivity index (χ3n) is 6.44. The van der Waals surface area contributed by atoms with Gasteiger partial charge in [0.05, 0.1) is 12.1 Å². The largest absolute Gasteiger partial charge is 0.352 e. The molecule has 3 atom stereocenters. The minimum Gasteiger partial charge on any atom is -0.352 e. The third-order valence-corrected chi connectivity index (χ3v) is 7.95. The van der Waals surface area contributed by atoms with Crippen LogP contribution in [0.15, 0.2) is 70.4 Å². The fourth-order valence-electron chi connectivity index (χ4n) is 4.80. The van der Waals surface area contributed by atoms with E-state index in [1.54, 1.807) is 0 Å². The van der Waals surface area contributed by atoms with E-state index in [9.17, 15) is 9.59 Å². The highest BCUT2D eigenvalue weighted by Crippen LogP contribution is 2.34. The highest BCUT2D eigenvalue weighted by atomic mass is 32.2. The lowest BCUT2D eigenvalue weighted by Crippen LogP contribution is -2.36. The third kappa shape index (κ3) is 3.93. The van der Waals surface area contributed by atoms with Crippen LogP contribution in [0.1, 0.15) is 32.1 Å². The van der Waals surface area contributed by atoms with Crippen LogP contribution in [0.2, 0.25) is 0 Å². The number of carbonyl (C=O) groups is 2. The molecule has 3 N–H and O–H groups in total. The van der Waals surface area contributed by atoms with Crippen LogP contribution in [-0.4, -0.2) is 41.6 Å². The molecular weight excluding hydrogens is 394 g/mol. The first-order chi connectivity index (χ1) is 14.7. The van der Waals surface area contributed by atoms with Crippen molar-refractivity contribution in [2.45, 2.75) is 49.4 Å². The smallest absolute Gasteiger partial charge is 0.315 e. The van der Waals surface area contributed by atoms with Crippen LogP contribution in [0, 0.1) is 0 Å². The van der Waals surface area contributed by atoms with Crippen molar-refractivity contribution in [3.63, 3.8) is 0 Å². The Bertz CT molecular complexity index is 953. The van der Waals surface area contributed by atoms with Gasteiger partial charge in [0.15, 0.2) is 0 Å². The normalized spacial score (nSPS) is 28.2. The summed E-state index contributed by atoms with van der Waals surface area (Å²) in [6.45, 7) is 0.558. The van der Waals surface area contributed by atoms with Gasteiger partial charge in [-0.05, 0) is 47.1 Å². The van der Waals surface area contributed by atoms with Crippen LogP contribution in [0.3, 0.4) is 0 Å². The van der Waals surface area contributed by atoms with Crippen molar-refractivity contribution in [3.8, 4) is 0 Å². The Morgan fingerprint density at radius 1 is 1.17 bits per heavy atom. The van der Waals surface area contributed by atoms with Crippen molar-refractivity contribution in [2.75, 3.05) is 12.3 Å². The molecule has 156 valence electrons. The maximum Gasteiger partial charge on any atom is 0.315 e.